The SMILES string of the molecule is Cc1cc(C)cc(NC(=O)C(Nc2ccc3c(c2)OCCCO3)c2ccccc2)c1. The molecule has 0 bridgehead atoms. The fourth-order valence-corrected chi connectivity index (χ4v) is 3.63. The van der Waals surface area contributed by atoms with Crippen LogP contribution in [0.1, 0.15) is 29.2 Å². The van der Waals surface area contributed by atoms with Gasteiger partial charge in [0.2, 0.25) is 0 Å². The summed E-state index contributed by atoms with van der Waals surface area (Å²) in [5.74, 6) is 1.30. The number of nitrogens with one attached hydrogen (secondary N) is 2. The lowest BCUT2D eigenvalue weighted by atomic mass is 10.0. The normalized spacial score (nSPS) is 13.8. The van der Waals surface area contributed by atoms with E-state index in [0.717, 1.165) is 40.2 Å². The third-order valence-corrected chi connectivity index (χ3v) is 4.94. The third kappa shape index (κ3) is 4.74. The standard InChI is InChI=1S/C25H26N2O3/c1-17-13-18(2)15-21(14-17)27-25(28)24(19-7-4-3-5-8-19)26-20-9-10-22-23(16-20)30-12-6-11-29-22/h3-5,7-10,13-16,24,26H,6,11-12H2,1-2H3,(H,27,28). The number of rotatable bonds is 5. The van der Waals surface area contributed by atoms with E-state index in [1.54, 1.807) is 0 Å². The molecule has 0 fully saturated rings. The number of aryl methyl sites for hydroxylation is 2. The van der Waals surface area contributed by atoms with E-state index in [2.05, 4.69) is 16.7 Å². The molecule has 154 valence electrons. The van der Waals surface area contributed by atoms with Crippen LogP contribution in [0, 0.1) is 13.8 Å². The molecule has 1 atom stereocenters. The van der Waals surface area contributed by atoms with Crippen molar-refractivity contribution >= 4 is 17.3 Å². The van der Waals surface area contributed by atoms with Crippen LogP contribution >= 0.6 is 0 Å². The Bertz CT molecular complexity index is 1010. The third-order valence-electron chi connectivity index (χ3n) is 4.94. The molecule has 5 heteroatoms. The smallest absolute Gasteiger partial charge is 0.251 e. The Labute approximate surface area is 177 Å². The molecule has 0 saturated carbocycles. The highest BCUT2D eigenvalue weighted by molar-refractivity contribution is 5.97. The molecule has 3 aromatic rings. The fraction of sp³-hybridized carbons (Fsp3) is 0.240. The summed E-state index contributed by atoms with van der Waals surface area (Å²) in [6.07, 6.45) is 0.850. The van der Waals surface area contributed by atoms with Gasteiger partial charge in [0.25, 0.3) is 5.91 Å². The van der Waals surface area contributed by atoms with Gasteiger partial charge in [-0.1, -0.05) is 36.4 Å². The molecule has 1 aliphatic rings. The van der Waals surface area contributed by atoms with Crippen molar-refractivity contribution in [2.75, 3.05) is 23.8 Å². The minimum absolute atomic E-state index is 0.127. The van der Waals surface area contributed by atoms with Crippen LogP contribution in [0.5, 0.6) is 11.5 Å². The Morgan fingerprint density at radius 2 is 1.53 bits per heavy atom. The molecule has 0 saturated heterocycles. The first-order chi connectivity index (χ1) is 14.6. The Balaban J connectivity index is 1.60. The molecule has 1 amide bonds. The molecule has 0 radical (unpaired) electrons. The maximum atomic E-state index is 13.3. The van der Waals surface area contributed by atoms with Gasteiger partial charge in [-0.25, -0.2) is 0 Å². The number of ether oxygens (including phenoxy) is 2. The summed E-state index contributed by atoms with van der Waals surface area (Å²) in [7, 11) is 0. The van der Waals surface area contributed by atoms with Crippen LogP contribution in [0.4, 0.5) is 11.4 Å². The van der Waals surface area contributed by atoms with Crippen molar-refractivity contribution in [3.63, 3.8) is 0 Å². The van der Waals surface area contributed by atoms with Gasteiger partial charge in [0.15, 0.2) is 11.5 Å². The van der Waals surface area contributed by atoms with E-state index in [4.69, 9.17) is 9.47 Å². The highest BCUT2D eigenvalue weighted by Crippen LogP contribution is 2.33. The van der Waals surface area contributed by atoms with Crippen molar-refractivity contribution in [1.82, 2.24) is 0 Å². The second kappa shape index (κ2) is 8.91. The zero-order valence-electron chi connectivity index (χ0n) is 17.3. The Morgan fingerprint density at radius 3 is 2.27 bits per heavy atom. The summed E-state index contributed by atoms with van der Waals surface area (Å²) in [4.78, 5) is 13.3. The van der Waals surface area contributed by atoms with E-state index < -0.39 is 6.04 Å². The molecule has 5 nitrogen and oxygen atoms in total. The topological polar surface area (TPSA) is 59.6 Å². The molecular formula is C25H26N2O3. The summed E-state index contributed by atoms with van der Waals surface area (Å²) >= 11 is 0. The van der Waals surface area contributed by atoms with Gasteiger partial charge in [0.05, 0.1) is 13.2 Å². The monoisotopic (exact) mass is 402 g/mol. The predicted molar refractivity (Wildman–Crippen MR) is 119 cm³/mol. The predicted octanol–water partition coefficient (Wildman–Crippen LogP) is 5.26. The van der Waals surface area contributed by atoms with Crippen molar-refractivity contribution in [1.29, 1.82) is 0 Å². The lowest BCUT2D eigenvalue weighted by molar-refractivity contribution is -0.117. The van der Waals surface area contributed by atoms with E-state index in [-0.39, 0.29) is 5.91 Å². The highest BCUT2D eigenvalue weighted by Gasteiger charge is 2.22. The highest BCUT2D eigenvalue weighted by atomic mass is 16.5. The van der Waals surface area contributed by atoms with E-state index in [0.29, 0.717) is 19.0 Å². The number of fused-ring (bicyclic) bond motifs is 1. The van der Waals surface area contributed by atoms with Gasteiger partial charge in [-0.05, 0) is 54.8 Å². The quantitative estimate of drug-likeness (QED) is 0.611. The minimum Gasteiger partial charge on any atom is -0.490 e. The van der Waals surface area contributed by atoms with Gasteiger partial charge < -0.3 is 20.1 Å². The maximum Gasteiger partial charge on any atom is 0.251 e. The van der Waals surface area contributed by atoms with Crippen LogP contribution in [0.2, 0.25) is 0 Å². The molecule has 1 aliphatic heterocycles. The first-order valence-corrected chi connectivity index (χ1v) is 10.2. The molecular weight excluding hydrogens is 376 g/mol. The second-order valence-corrected chi connectivity index (χ2v) is 7.57. The Kier molecular flexibility index (Phi) is 5.89. The molecule has 2 N–H and O–H groups in total. The van der Waals surface area contributed by atoms with Crippen molar-refractivity contribution in [2.24, 2.45) is 0 Å². The van der Waals surface area contributed by atoms with E-state index in [9.17, 15) is 4.79 Å². The molecule has 1 unspecified atom stereocenters. The first kappa shape index (κ1) is 19.8. The van der Waals surface area contributed by atoms with Gasteiger partial charge >= 0.3 is 0 Å². The zero-order valence-corrected chi connectivity index (χ0v) is 17.3. The fourth-order valence-electron chi connectivity index (χ4n) is 3.63. The summed E-state index contributed by atoms with van der Waals surface area (Å²) < 4.78 is 11.5. The Hall–Kier alpha value is -3.47. The van der Waals surface area contributed by atoms with Gasteiger partial charge in [-0.15, -0.1) is 0 Å². The summed E-state index contributed by atoms with van der Waals surface area (Å²) in [5.41, 5.74) is 4.68. The average Bonchev–Trinajstić information content (AvgIpc) is 2.97. The number of hydrogen-bond acceptors (Lipinski definition) is 4. The van der Waals surface area contributed by atoms with Crippen LogP contribution in [0.3, 0.4) is 0 Å². The van der Waals surface area contributed by atoms with Crippen LogP contribution in [-0.2, 0) is 4.79 Å². The molecule has 4 rings (SSSR count). The Morgan fingerprint density at radius 1 is 0.833 bits per heavy atom. The summed E-state index contributed by atoms with van der Waals surface area (Å²) in [6.45, 7) is 5.30. The van der Waals surface area contributed by atoms with Gasteiger partial charge in [-0.2, -0.15) is 0 Å². The average molecular weight is 402 g/mol. The molecule has 3 aromatic carbocycles. The number of anilines is 2. The van der Waals surface area contributed by atoms with E-state index in [1.807, 2.05) is 74.5 Å². The minimum atomic E-state index is -0.559. The van der Waals surface area contributed by atoms with Gasteiger partial charge in [-0.3, -0.25) is 4.79 Å². The van der Waals surface area contributed by atoms with Crippen LogP contribution < -0.4 is 20.1 Å². The van der Waals surface area contributed by atoms with Gasteiger partial charge in [0.1, 0.15) is 6.04 Å². The van der Waals surface area contributed by atoms with E-state index >= 15 is 0 Å². The van der Waals surface area contributed by atoms with Crippen LogP contribution in [0.15, 0.2) is 66.7 Å². The first-order valence-electron chi connectivity index (χ1n) is 10.2. The molecule has 0 aromatic heterocycles. The van der Waals surface area contributed by atoms with Crippen molar-refractivity contribution < 1.29 is 14.3 Å². The van der Waals surface area contributed by atoms with Crippen molar-refractivity contribution in [2.45, 2.75) is 26.3 Å². The van der Waals surface area contributed by atoms with E-state index in [1.165, 1.54) is 0 Å². The molecule has 0 spiro atoms. The number of amides is 1. The van der Waals surface area contributed by atoms with Crippen LogP contribution in [0.25, 0.3) is 0 Å². The van der Waals surface area contributed by atoms with Crippen molar-refractivity contribution in [3.05, 3.63) is 83.4 Å². The zero-order chi connectivity index (χ0) is 20.9. The largest absolute Gasteiger partial charge is 0.490 e. The van der Waals surface area contributed by atoms with Crippen LogP contribution in [-0.4, -0.2) is 19.1 Å². The molecule has 30 heavy (non-hydrogen) atoms. The lowest BCUT2D eigenvalue weighted by Crippen LogP contribution is -2.27. The number of carbonyl (C=O) groups excluding carboxylic acids is 1. The number of hydrogen-bond donors (Lipinski definition) is 2. The van der Waals surface area contributed by atoms with Crippen molar-refractivity contribution in [3.8, 4) is 11.5 Å². The number of carbonyl (C=O) groups is 1. The summed E-state index contributed by atoms with van der Waals surface area (Å²) in [5, 5.41) is 6.42. The number of benzene rings is 3. The molecule has 0 aliphatic carbocycles. The summed E-state index contributed by atoms with van der Waals surface area (Å²) in [6, 6.07) is 20.9. The molecule has 1 heterocycles. The lowest BCUT2D eigenvalue weighted by Gasteiger charge is -2.21. The van der Waals surface area contributed by atoms with Gasteiger partial charge in [0, 0.05) is 23.9 Å². The second-order valence-electron chi connectivity index (χ2n) is 7.57. The maximum absolute atomic E-state index is 13.3.